The van der Waals surface area contributed by atoms with Crippen LogP contribution in [0.15, 0.2) is 22.8 Å². The van der Waals surface area contributed by atoms with Gasteiger partial charge in [0.25, 0.3) is 0 Å². The van der Waals surface area contributed by atoms with E-state index in [1.165, 1.54) is 5.56 Å². The fourth-order valence-corrected chi connectivity index (χ4v) is 1.13. The van der Waals surface area contributed by atoms with Gasteiger partial charge in [-0.15, -0.1) is 0 Å². The molecule has 1 heterocycles. The molecule has 0 saturated carbocycles. The average Bonchev–Trinajstić information content (AvgIpc) is 2.33. The fraction of sp³-hybridized carbons (Fsp3) is 0.250. The van der Waals surface area contributed by atoms with Gasteiger partial charge in [0, 0.05) is 12.0 Å². The predicted octanol–water partition coefficient (Wildman–Crippen LogP) is 2.24. The van der Waals surface area contributed by atoms with Crippen molar-refractivity contribution in [2.24, 2.45) is 0 Å². The van der Waals surface area contributed by atoms with Gasteiger partial charge in [0.15, 0.2) is 0 Å². The van der Waals surface area contributed by atoms with Crippen LogP contribution in [-0.4, -0.2) is 0 Å². The highest BCUT2D eigenvalue weighted by atomic mass is 16.3. The maximum Gasteiger partial charge on any atom is 0.111 e. The summed E-state index contributed by atoms with van der Waals surface area (Å²) in [6.07, 6.45) is 8.24. The molecule has 2 rings (SSSR count). The Morgan fingerprint density at radius 3 is 3.33 bits per heavy atom. The summed E-state index contributed by atoms with van der Waals surface area (Å²) in [6, 6.07) is 2.00. The van der Waals surface area contributed by atoms with Crippen LogP contribution >= 0.6 is 0 Å². The molecule has 1 aliphatic carbocycles. The lowest BCUT2D eigenvalue weighted by Gasteiger charge is -1.99. The number of fused-ring (bicyclic) bond motifs is 1. The van der Waals surface area contributed by atoms with Gasteiger partial charge < -0.3 is 4.42 Å². The third-order valence-electron chi connectivity index (χ3n) is 1.62. The van der Waals surface area contributed by atoms with E-state index in [0.717, 1.165) is 18.6 Å². The predicted molar refractivity (Wildman–Crippen MR) is 36.1 cm³/mol. The number of aryl methyl sites for hydroxylation is 1. The van der Waals surface area contributed by atoms with E-state index in [0.29, 0.717) is 0 Å². The van der Waals surface area contributed by atoms with Crippen LogP contribution in [0.3, 0.4) is 0 Å². The second-order valence-electron chi connectivity index (χ2n) is 2.24. The molecule has 1 heteroatoms. The number of hydrogen-bond donors (Lipinski definition) is 0. The molecule has 46 valence electrons. The molecule has 0 radical (unpaired) electrons. The maximum atomic E-state index is 5.20. The molecule has 0 bridgehead atoms. The van der Waals surface area contributed by atoms with E-state index in [1.54, 1.807) is 6.26 Å². The van der Waals surface area contributed by atoms with Gasteiger partial charge in [-0.25, -0.2) is 0 Å². The standard InChI is InChI=1S/C8H8O/c1-2-4-8-7(3-1)5-6-9-8/h1,3,5-6H,2,4H2. The van der Waals surface area contributed by atoms with E-state index in [2.05, 4.69) is 12.2 Å². The number of allylic oxidation sites excluding steroid dienone is 1. The zero-order chi connectivity index (χ0) is 6.10. The molecule has 1 aromatic rings. The van der Waals surface area contributed by atoms with Crippen molar-refractivity contribution in [3.8, 4) is 0 Å². The van der Waals surface area contributed by atoms with Gasteiger partial charge in [0.05, 0.1) is 6.26 Å². The van der Waals surface area contributed by atoms with Crippen LogP contribution in [0.1, 0.15) is 17.7 Å². The van der Waals surface area contributed by atoms with Crippen LogP contribution in [0.2, 0.25) is 0 Å². The molecule has 0 aromatic carbocycles. The molecule has 1 aliphatic rings. The molecule has 0 N–H and O–H groups in total. The number of furan rings is 1. The van der Waals surface area contributed by atoms with E-state index < -0.39 is 0 Å². The lowest BCUT2D eigenvalue weighted by atomic mass is 10.1. The zero-order valence-electron chi connectivity index (χ0n) is 5.13. The summed E-state index contributed by atoms with van der Waals surface area (Å²) >= 11 is 0. The zero-order valence-corrected chi connectivity index (χ0v) is 5.13. The summed E-state index contributed by atoms with van der Waals surface area (Å²) in [5, 5.41) is 0. The van der Waals surface area contributed by atoms with Crippen LogP contribution in [0.4, 0.5) is 0 Å². The summed E-state index contributed by atoms with van der Waals surface area (Å²) in [4.78, 5) is 0. The Morgan fingerprint density at radius 1 is 1.44 bits per heavy atom. The lowest BCUT2D eigenvalue weighted by Crippen LogP contribution is -1.87. The minimum atomic E-state index is 1.07. The highest BCUT2D eigenvalue weighted by molar-refractivity contribution is 5.53. The largest absolute Gasteiger partial charge is 0.469 e. The monoisotopic (exact) mass is 120 g/mol. The van der Waals surface area contributed by atoms with Crippen molar-refractivity contribution in [2.75, 3.05) is 0 Å². The van der Waals surface area contributed by atoms with E-state index in [-0.39, 0.29) is 0 Å². The van der Waals surface area contributed by atoms with Gasteiger partial charge >= 0.3 is 0 Å². The molecule has 0 atom stereocenters. The van der Waals surface area contributed by atoms with Gasteiger partial charge in [-0.3, -0.25) is 0 Å². The highest BCUT2D eigenvalue weighted by Gasteiger charge is 2.04. The van der Waals surface area contributed by atoms with Crippen LogP contribution < -0.4 is 0 Å². The Morgan fingerprint density at radius 2 is 2.44 bits per heavy atom. The molecule has 1 aromatic heterocycles. The van der Waals surface area contributed by atoms with Crippen molar-refractivity contribution in [1.29, 1.82) is 0 Å². The second-order valence-corrected chi connectivity index (χ2v) is 2.24. The van der Waals surface area contributed by atoms with Gasteiger partial charge in [-0.1, -0.05) is 12.2 Å². The SMILES string of the molecule is C1=Cc2ccoc2CC1. The smallest absolute Gasteiger partial charge is 0.111 e. The number of hydrogen-bond acceptors (Lipinski definition) is 1. The number of rotatable bonds is 0. The Kier molecular flexibility index (Phi) is 0.950. The second kappa shape index (κ2) is 1.76. The third-order valence-corrected chi connectivity index (χ3v) is 1.62. The highest BCUT2D eigenvalue weighted by Crippen LogP contribution is 2.18. The van der Waals surface area contributed by atoms with E-state index in [9.17, 15) is 0 Å². The van der Waals surface area contributed by atoms with Gasteiger partial charge in [-0.2, -0.15) is 0 Å². The summed E-state index contributed by atoms with van der Waals surface area (Å²) in [5.41, 5.74) is 1.25. The first-order valence-electron chi connectivity index (χ1n) is 3.20. The quantitative estimate of drug-likeness (QED) is 0.511. The molecule has 0 saturated heterocycles. The van der Waals surface area contributed by atoms with Crippen molar-refractivity contribution in [3.05, 3.63) is 29.7 Å². The molecular formula is C8H8O. The Balaban J connectivity index is 2.53. The van der Waals surface area contributed by atoms with Crippen LogP contribution in [-0.2, 0) is 6.42 Å². The molecule has 9 heavy (non-hydrogen) atoms. The van der Waals surface area contributed by atoms with Gasteiger partial charge in [0.1, 0.15) is 5.76 Å². The van der Waals surface area contributed by atoms with Gasteiger partial charge in [0.2, 0.25) is 0 Å². The Labute approximate surface area is 54.0 Å². The van der Waals surface area contributed by atoms with Crippen molar-refractivity contribution in [1.82, 2.24) is 0 Å². The van der Waals surface area contributed by atoms with Crippen molar-refractivity contribution in [2.45, 2.75) is 12.8 Å². The fourth-order valence-electron chi connectivity index (χ4n) is 1.13. The molecule has 0 aliphatic heterocycles. The first-order valence-corrected chi connectivity index (χ1v) is 3.20. The molecule has 0 spiro atoms. The van der Waals surface area contributed by atoms with Crippen LogP contribution in [0, 0.1) is 0 Å². The molecular weight excluding hydrogens is 112 g/mol. The summed E-state index contributed by atoms with van der Waals surface area (Å²) in [7, 11) is 0. The van der Waals surface area contributed by atoms with Crippen LogP contribution in [0.5, 0.6) is 0 Å². The van der Waals surface area contributed by atoms with Crippen LogP contribution in [0.25, 0.3) is 6.08 Å². The molecule has 0 amide bonds. The van der Waals surface area contributed by atoms with Crippen molar-refractivity contribution in [3.63, 3.8) is 0 Å². The molecule has 0 fully saturated rings. The first-order chi connectivity index (χ1) is 4.47. The van der Waals surface area contributed by atoms with Gasteiger partial charge in [-0.05, 0) is 12.5 Å². The lowest BCUT2D eigenvalue weighted by molar-refractivity contribution is 0.507. The van der Waals surface area contributed by atoms with Crippen molar-refractivity contribution < 1.29 is 4.42 Å². The minimum absolute atomic E-state index is 1.07. The average molecular weight is 120 g/mol. The Hall–Kier alpha value is -0.980. The molecule has 0 unspecified atom stereocenters. The summed E-state index contributed by atoms with van der Waals surface area (Å²) < 4.78 is 5.20. The van der Waals surface area contributed by atoms with E-state index in [4.69, 9.17) is 4.42 Å². The molecule has 1 nitrogen and oxygen atoms in total. The van der Waals surface area contributed by atoms with E-state index >= 15 is 0 Å². The first kappa shape index (κ1) is 4.86. The Bertz CT molecular complexity index is 232. The maximum absolute atomic E-state index is 5.20. The normalized spacial score (nSPS) is 15.6. The topological polar surface area (TPSA) is 13.1 Å². The minimum Gasteiger partial charge on any atom is -0.469 e. The third kappa shape index (κ3) is 0.689. The summed E-state index contributed by atoms with van der Waals surface area (Å²) in [6.45, 7) is 0. The van der Waals surface area contributed by atoms with Crippen molar-refractivity contribution >= 4 is 6.08 Å². The summed E-state index contributed by atoms with van der Waals surface area (Å²) in [5.74, 6) is 1.14. The van der Waals surface area contributed by atoms with E-state index in [1.807, 2.05) is 6.07 Å².